The quantitative estimate of drug-likeness (QED) is 0.829. The molecule has 0 fully saturated rings. The van der Waals surface area contributed by atoms with Gasteiger partial charge in [0.1, 0.15) is 4.90 Å². The van der Waals surface area contributed by atoms with Crippen LogP contribution in [-0.2, 0) is 23.1 Å². The Morgan fingerprint density at radius 1 is 1.09 bits per heavy atom. The molecule has 0 bridgehead atoms. The topological polar surface area (TPSA) is 55.4 Å². The first-order valence-corrected chi connectivity index (χ1v) is 9.28. The SMILES string of the molecule is O=S(=O)(Oc1ccccc1Br)c1ccc2c(c1)CNCCC2. The standard InChI is InChI=1S/C16H16BrNO3S/c17-15-5-1-2-6-16(15)21-22(19,20)14-8-7-12-4-3-9-18-11-13(12)10-14/h1-2,5-8,10,18H,3-4,9,11H2. The fraction of sp³-hybridized carbons (Fsp3) is 0.250. The first kappa shape index (κ1) is 15.5. The second-order valence-electron chi connectivity index (χ2n) is 5.18. The van der Waals surface area contributed by atoms with Crippen molar-refractivity contribution in [2.24, 2.45) is 0 Å². The van der Waals surface area contributed by atoms with E-state index >= 15 is 0 Å². The van der Waals surface area contributed by atoms with Gasteiger partial charge < -0.3 is 9.50 Å². The molecule has 2 aromatic carbocycles. The number of nitrogens with one attached hydrogen (secondary N) is 1. The van der Waals surface area contributed by atoms with Gasteiger partial charge in [0.25, 0.3) is 0 Å². The van der Waals surface area contributed by atoms with Crippen molar-refractivity contribution in [3.8, 4) is 5.75 Å². The molecule has 1 aliphatic heterocycles. The van der Waals surface area contributed by atoms with E-state index in [1.807, 2.05) is 6.07 Å². The van der Waals surface area contributed by atoms with Crippen LogP contribution in [-0.4, -0.2) is 15.0 Å². The molecule has 0 saturated heterocycles. The van der Waals surface area contributed by atoms with E-state index in [-0.39, 0.29) is 10.6 Å². The van der Waals surface area contributed by atoms with Gasteiger partial charge in [-0.2, -0.15) is 8.42 Å². The minimum atomic E-state index is -3.84. The van der Waals surface area contributed by atoms with E-state index in [0.29, 0.717) is 11.0 Å². The lowest BCUT2D eigenvalue weighted by atomic mass is 10.0. The van der Waals surface area contributed by atoms with Gasteiger partial charge in [0.15, 0.2) is 5.75 Å². The maximum atomic E-state index is 12.5. The monoisotopic (exact) mass is 381 g/mol. The molecule has 0 atom stereocenters. The summed E-state index contributed by atoms with van der Waals surface area (Å²) in [4.78, 5) is 0.186. The number of rotatable bonds is 3. The third kappa shape index (κ3) is 3.34. The number of hydrogen-bond acceptors (Lipinski definition) is 4. The summed E-state index contributed by atoms with van der Waals surface area (Å²) >= 11 is 3.29. The third-order valence-electron chi connectivity index (χ3n) is 3.62. The van der Waals surface area contributed by atoms with Crippen LogP contribution in [0.3, 0.4) is 0 Å². The van der Waals surface area contributed by atoms with E-state index in [9.17, 15) is 8.42 Å². The molecule has 4 nitrogen and oxygen atoms in total. The van der Waals surface area contributed by atoms with Gasteiger partial charge in [-0.3, -0.25) is 0 Å². The normalized spacial score (nSPS) is 15.0. The summed E-state index contributed by atoms with van der Waals surface area (Å²) in [6, 6.07) is 12.1. The molecule has 1 aliphatic rings. The van der Waals surface area contributed by atoms with E-state index in [1.165, 1.54) is 5.56 Å². The minimum Gasteiger partial charge on any atom is -0.378 e. The second kappa shape index (κ2) is 6.40. The molecule has 0 aliphatic carbocycles. The molecule has 3 rings (SSSR count). The van der Waals surface area contributed by atoms with Gasteiger partial charge >= 0.3 is 10.1 Å². The number of halogens is 1. The lowest BCUT2D eigenvalue weighted by molar-refractivity contribution is 0.484. The zero-order valence-electron chi connectivity index (χ0n) is 11.9. The molecule has 0 aromatic heterocycles. The molecular weight excluding hydrogens is 366 g/mol. The smallest absolute Gasteiger partial charge is 0.339 e. The zero-order chi connectivity index (χ0) is 15.6. The molecule has 0 unspecified atom stereocenters. The van der Waals surface area contributed by atoms with Gasteiger partial charge in [-0.25, -0.2) is 0 Å². The van der Waals surface area contributed by atoms with Gasteiger partial charge in [-0.05, 0) is 70.7 Å². The Balaban J connectivity index is 1.92. The molecule has 1 heterocycles. The highest BCUT2D eigenvalue weighted by Crippen LogP contribution is 2.28. The molecule has 0 radical (unpaired) electrons. The fourth-order valence-electron chi connectivity index (χ4n) is 2.47. The summed E-state index contributed by atoms with van der Waals surface area (Å²) in [7, 11) is -3.84. The van der Waals surface area contributed by atoms with E-state index in [2.05, 4.69) is 21.2 Å². The molecule has 116 valence electrons. The molecule has 22 heavy (non-hydrogen) atoms. The average molecular weight is 382 g/mol. The van der Waals surface area contributed by atoms with Crippen molar-refractivity contribution in [1.82, 2.24) is 5.32 Å². The van der Waals surface area contributed by atoms with Crippen LogP contribution in [0.5, 0.6) is 5.75 Å². The molecule has 0 spiro atoms. The Kier molecular flexibility index (Phi) is 4.52. The summed E-state index contributed by atoms with van der Waals surface area (Å²) in [5.74, 6) is 0.288. The van der Waals surface area contributed by atoms with Crippen LogP contribution in [0.4, 0.5) is 0 Å². The summed E-state index contributed by atoms with van der Waals surface area (Å²) in [6.07, 6.45) is 2.03. The minimum absolute atomic E-state index is 0.186. The summed E-state index contributed by atoms with van der Waals surface area (Å²) in [5.41, 5.74) is 2.22. The van der Waals surface area contributed by atoms with Gasteiger partial charge in [0, 0.05) is 6.54 Å². The zero-order valence-corrected chi connectivity index (χ0v) is 14.3. The number of fused-ring (bicyclic) bond motifs is 1. The predicted octanol–water partition coefficient (Wildman–Crippen LogP) is 3.25. The van der Waals surface area contributed by atoms with Crippen LogP contribution in [0.1, 0.15) is 17.5 Å². The van der Waals surface area contributed by atoms with Crippen LogP contribution in [0.15, 0.2) is 51.8 Å². The molecular formula is C16H16BrNO3S. The highest BCUT2D eigenvalue weighted by Gasteiger charge is 2.20. The van der Waals surface area contributed by atoms with E-state index in [1.54, 1.807) is 36.4 Å². The number of benzene rings is 2. The van der Waals surface area contributed by atoms with Crippen molar-refractivity contribution < 1.29 is 12.6 Å². The Labute approximate surface area is 138 Å². The van der Waals surface area contributed by atoms with Crippen LogP contribution >= 0.6 is 15.9 Å². The van der Waals surface area contributed by atoms with Gasteiger partial charge in [-0.15, -0.1) is 0 Å². The van der Waals surface area contributed by atoms with E-state index in [4.69, 9.17) is 4.18 Å². The predicted molar refractivity (Wildman–Crippen MR) is 88.4 cm³/mol. The van der Waals surface area contributed by atoms with Gasteiger partial charge in [0.05, 0.1) is 4.47 Å². The third-order valence-corrected chi connectivity index (χ3v) is 5.50. The Morgan fingerprint density at radius 2 is 1.91 bits per heavy atom. The van der Waals surface area contributed by atoms with Crippen molar-refractivity contribution in [2.75, 3.05) is 6.54 Å². The molecule has 2 aromatic rings. The van der Waals surface area contributed by atoms with Crippen LogP contribution in [0.2, 0.25) is 0 Å². The highest BCUT2D eigenvalue weighted by atomic mass is 79.9. The fourth-order valence-corrected chi connectivity index (χ4v) is 3.94. The average Bonchev–Trinajstić information content (AvgIpc) is 2.74. The number of aryl methyl sites for hydroxylation is 1. The van der Waals surface area contributed by atoms with Crippen molar-refractivity contribution >= 4 is 26.0 Å². The lowest BCUT2D eigenvalue weighted by Crippen LogP contribution is -2.14. The first-order valence-electron chi connectivity index (χ1n) is 7.08. The summed E-state index contributed by atoms with van der Waals surface area (Å²) < 4.78 is 30.8. The van der Waals surface area contributed by atoms with Crippen molar-refractivity contribution in [3.63, 3.8) is 0 Å². The van der Waals surface area contributed by atoms with E-state index < -0.39 is 10.1 Å². The maximum absolute atomic E-state index is 12.5. The van der Waals surface area contributed by atoms with E-state index in [0.717, 1.165) is 24.9 Å². The molecule has 1 N–H and O–H groups in total. The van der Waals surface area contributed by atoms with Crippen LogP contribution in [0.25, 0.3) is 0 Å². The van der Waals surface area contributed by atoms with Crippen LogP contribution in [0, 0.1) is 0 Å². The highest BCUT2D eigenvalue weighted by molar-refractivity contribution is 9.10. The Bertz CT molecular complexity index is 790. The van der Waals surface area contributed by atoms with Crippen molar-refractivity contribution in [3.05, 3.63) is 58.1 Å². The Hall–Kier alpha value is -1.37. The first-order chi connectivity index (χ1) is 10.6. The molecule has 0 amide bonds. The van der Waals surface area contributed by atoms with Gasteiger partial charge in [-0.1, -0.05) is 18.2 Å². The summed E-state index contributed by atoms with van der Waals surface area (Å²) in [5, 5.41) is 3.30. The molecule has 6 heteroatoms. The molecule has 0 saturated carbocycles. The number of hydrogen-bond donors (Lipinski definition) is 1. The van der Waals surface area contributed by atoms with Crippen molar-refractivity contribution in [1.29, 1.82) is 0 Å². The largest absolute Gasteiger partial charge is 0.378 e. The maximum Gasteiger partial charge on any atom is 0.339 e. The van der Waals surface area contributed by atoms with Crippen LogP contribution < -0.4 is 9.50 Å². The van der Waals surface area contributed by atoms with Crippen molar-refractivity contribution in [2.45, 2.75) is 24.3 Å². The lowest BCUT2D eigenvalue weighted by Gasteiger charge is -2.11. The van der Waals surface area contributed by atoms with Gasteiger partial charge in [0.2, 0.25) is 0 Å². The summed E-state index contributed by atoms with van der Waals surface area (Å²) in [6.45, 7) is 1.64. The Morgan fingerprint density at radius 3 is 2.73 bits per heavy atom. The number of para-hydroxylation sites is 1. The second-order valence-corrected chi connectivity index (χ2v) is 7.58.